The first kappa shape index (κ1) is 14.9. The van der Waals surface area contributed by atoms with Gasteiger partial charge in [0.25, 0.3) is 0 Å². The van der Waals surface area contributed by atoms with Crippen molar-refractivity contribution in [2.24, 2.45) is 0 Å². The van der Waals surface area contributed by atoms with Gasteiger partial charge >= 0.3 is 0 Å². The van der Waals surface area contributed by atoms with Gasteiger partial charge in [0.15, 0.2) is 0 Å². The number of nitrogens with zero attached hydrogens (tertiary/aromatic N) is 3. The van der Waals surface area contributed by atoms with Gasteiger partial charge in [-0.2, -0.15) is 0 Å². The number of benzene rings is 1. The van der Waals surface area contributed by atoms with Gasteiger partial charge in [-0.3, -0.25) is 4.90 Å². The van der Waals surface area contributed by atoms with Crippen LogP contribution >= 0.6 is 0 Å². The molecule has 4 nitrogen and oxygen atoms in total. The first-order chi connectivity index (χ1) is 10.8. The summed E-state index contributed by atoms with van der Waals surface area (Å²) in [6, 6.07) is 14.9. The first-order valence-corrected chi connectivity index (χ1v) is 8.06. The van der Waals surface area contributed by atoms with E-state index in [0.717, 1.165) is 50.8 Å². The number of pyridine rings is 1. The van der Waals surface area contributed by atoms with Gasteiger partial charge in [0, 0.05) is 39.3 Å². The van der Waals surface area contributed by atoms with Crippen molar-refractivity contribution in [1.29, 1.82) is 0 Å². The Morgan fingerprint density at radius 1 is 1.00 bits per heavy atom. The summed E-state index contributed by atoms with van der Waals surface area (Å²) in [5.41, 5.74) is 2.48. The van der Waals surface area contributed by atoms with Gasteiger partial charge in [0.05, 0.1) is 11.9 Å². The third-order valence-electron chi connectivity index (χ3n) is 4.07. The number of aromatic nitrogens is 1. The molecule has 0 atom stereocenters. The van der Waals surface area contributed by atoms with Crippen LogP contribution in [0.3, 0.4) is 0 Å². The monoisotopic (exact) mass is 296 g/mol. The van der Waals surface area contributed by atoms with Crippen LogP contribution in [-0.4, -0.2) is 42.6 Å². The summed E-state index contributed by atoms with van der Waals surface area (Å²) in [5, 5.41) is 3.28. The highest BCUT2D eigenvalue weighted by atomic mass is 15.3. The summed E-state index contributed by atoms with van der Waals surface area (Å²) in [7, 11) is 0. The van der Waals surface area contributed by atoms with Gasteiger partial charge in [0.2, 0.25) is 0 Å². The number of anilines is 2. The standard InChI is InChI=1S/C18H24N4/c1-2-19-17-8-9-18(20-14-17)22-12-10-21(11-13-22)15-16-6-4-3-5-7-16/h3-9,14,19H,2,10-13,15H2,1H3. The molecule has 0 radical (unpaired) electrons. The van der Waals surface area contributed by atoms with Crippen LogP contribution in [0.4, 0.5) is 11.5 Å². The van der Waals surface area contributed by atoms with E-state index in [-0.39, 0.29) is 0 Å². The minimum absolute atomic E-state index is 0.930. The quantitative estimate of drug-likeness (QED) is 0.919. The summed E-state index contributed by atoms with van der Waals surface area (Å²) in [6.45, 7) is 8.33. The lowest BCUT2D eigenvalue weighted by Crippen LogP contribution is -2.46. The molecular formula is C18H24N4. The number of piperazine rings is 1. The van der Waals surface area contributed by atoms with Gasteiger partial charge in [-0.15, -0.1) is 0 Å². The average Bonchev–Trinajstić information content (AvgIpc) is 2.58. The van der Waals surface area contributed by atoms with Gasteiger partial charge in [-0.1, -0.05) is 30.3 Å². The number of hydrogen-bond donors (Lipinski definition) is 1. The lowest BCUT2D eigenvalue weighted by Gasteiger charge is -2.35. The Bertz CT molecular complexity index is 559. The minimum atomic E-state index is 0.930. The maximum Gasteiger partial charge on any atom is 0.128 e. The van der Waals surface area contributed by atoms with Crippen LogP contribution in [0.5, 0.6) is 0 Å². The molecule has 1 saturated heterocycles. The Morgan fingerprint density at radius 2 is 1.77 bits per heavy atom. The van der Waals surface area contributed by atoms with Crippen molar-refractivity contribution in [3.8, 4) is 0 Å². The predicted octanol–water partition coefficient (Wildman–Crippen LogP) is 2.84. The summed E-state index contributed by atoms with van der Waals surface area (Å²) in [6.07, 6.45) is 1.93. The van der Waals surface area contributed by atoms with Crippen LogP contribution in [0, 0.1) is 0 Å². The van der Waals surface area contributed by atoms with E-state index in [1.54, 1.807) is 0 Å². The Labute approximate surface area is 132 Å². The fourth-order valence-electron chi connectivity index (χ4n) is 2.86. The molecule has 2 heterocycles. The fraction of sp³-hybridized carbons (Fsp3) is 0.389. The highest BCUT2D eigenvalue weighted by molar-refractivity contribution is 5.48. The zero-order chi connectivity index (χ0) is 15.2. The molecule has 0 amide bonds. The molecule has 22 heavy (non-hydrogen) atoms. The molecule has 0 saturated carbocycles. The smallest absolute Gasteiger partial charge is 0.128 e. The number of hydrogen-bond acceptors (Lipinski definition) is 4. The summed E-state index contributed by atoms with van der Waals surface area (Å²) in [5.74, 6) is 1.08. The van der Waals surface area contributed by atoms with Crippen molar-refractivity contribution in [2.45, 2.75) is 13.5 Å². The second kappa shape index (κ2) is 7.27. The molecule has 116 valence electrons. The number of nitrogens with one attached hydrogen (secondary N) is 1. The SMILES string of the molecule is CCNc1ccc(N2CCN(Cc3ccccc3)CC2)nc1. The Kier molecular flexibility index (Phi) is 4.91. The Hall–Kier alpha value is -2.07. The van der Waals surface area contributed by atoms with Crippen LogP contribution in [0.15, 0.2) is 48.7 Å². The van der Waals surface area contributed by atoms with Crippen LogP contribution in [-0.2, 0) is 6.54 Å². The lowest BCUT2D eigenvalue weighted by molar-refractivity contribution is 0.249. The van der Waals surface area contributed by atoms with E-state index in [1.807, 2.05) is 6.20 Å². The zero-order valence-electron chi connectivity index (χ0n) is 13.2. The van der Waals surface area contributed by atoms with Crippen molar-refractivity contribution < 1.29 is 0 Å². The van der Waals surface area contributed by atoms with E-state index in [0.29, 0.717) is 0 Å². The van der Waals surface area contributed by atoms with E-state index in [4.69, 9.17) is 0 Å². The van der Waals surface area contributed by atoms with E-state index in [9.17, 15) is 0 Å². The molecule has 1 N–H and O–H groups in total. The van der Waals surface area contributed by atoms with Gasteiger partial charge < -0.3 is 10.2 Å². The zero-order valence-corrected chi connectivity index (χ0v) is 13.2. The van der Waals surface area contributed by atoms with Crippen LogP contribution in [0.25, 0.3) is 0 Å². The molecule has 0 unspecified atom stereocenters. The summed E-state index contributed by atoms with van der Waals surface area (Å²) >= 11 is 0. The third kappa shape index (κ3) is 3.77. The predicted molar refractivity (Wildman–Crippen MR) is 92.3 cm³/mol. The molecule has 1 aliphatic rings. The molecule has 0 bridgehead atoms. The van der Waals surface area contributed by atoms with Crippen LogP contribution in [0.1, 0.15) is 12.5 Å². The average molecular weight is 296 g/mol. The Morgan fingerprint density at radius 3 is 2.41 bits per heavy atom. The van der Waals surface area contributed by atoms with Gasteiger partial charge in [0.1, 0.15) is 5.82 Å². The molecule has 1 aliphatic heterocycles. The third-order valence-corrected chi connectivity index (χ3v) is 4.07. The van der Waals surface area contributed by atoms with Crippen molar-refractivity contribution >= 4 is 11.5 Å². The maximum absolute atomic E-state index is 4.57. The first-order valence-electron chi connectivity index (χ1n) is 8.06. The van der Waals surface area contributed by atoms with Crippen LogP contribution < -0.4 is 10.2 Å². The molecule has 1 aromatic carbocycles. The topological polar surface area (TPSA) is 31.4 Å². The van der Waals surface area contributed by atoms with Crippen LogP contribution in [0.2, 0.25) is 0 Å². The molecule has 1 fully saturated rings. The molecule has 3 rings (SSSR count). The molecule has 1 aromatic heterocycles. The van der Waals surface area contributed by atoms with Gasteiger partial charge in [-0.25, -0.2) is 4.98 Å². The van der Waals surface area contributed by atoms with Crippen molar-refractivity contribution in [2.75, 3.05) is 42.9 Å². The lowest BCUT2D eigenvalue weighted by atomic mass is 10.2. The summed E-state index contributed by atoms with van der Waals surface area (Å²) < 4.78 is 0. The van der Waals surface area contributed by atoms with Gasteiger partial charge in [-0.05, 0) is 24.6 Å². The molecular weight excluding hydrogens is 272 g/mol. The maximum atomic E-state index is 4.57. The van der Waals surface area contributed by atoms with E-state index in [1.165, 1.54) is 5.56 Å². The normalized spacial score (nSPS) is 15.8. The highest BCUT2D eigenvalue weighted by Gasteiger charge is 2.17. The fourth-order valence-corrected chi connectivity index (χ4v) is 2.86. The van der Waals surface area contributed by atoms with Crippen molar-refractivity contribution in [1.82, 2.24) is 9.88 Å². The molecule has 4 heteroatoms. The molecule has 2 aromatic rings. The van der Waals surface area contributed by atoms with E-state index >= 15 is 0 Å². The van der Waals surface area contributed by atoms with Crippen molar-refractivity contribution in [3.05, 3.63) is 54.2 Å². The second-order valence-corrected chi connectivity index (χ2v) is 5.68. The summed E-state index contributed by atoms with van der Waals surface area (Å²) in [4.78, 5) is 9.46. The molecule has 0 aliphatic carbocycles. The minimum Gasteiger partial charge on any atom is -0.384 e. The number of rotatable bonds is 5. The van der Waals surface area contributed by atoms with E-state index < -0.39 is 0 Å². The highest BCUT2D eigenvalue weighted by Crippen LogP contribution is 2.17. The second-order valence-electron chi connectivity index (χ2n) is 5.68. The van der Waals surface area contributed by atoms with E-state index in [2.05, 4.69) is 69.5 Å². The molecule has 0 spiro atoms. The largest absolute Gasteiger partial charge is 0.384 e. The van der Waals surface area contributed by atoms with Crippen molar-refractivity contribution in [3.63, 3.8) is 0 Å². The Balaban J connectivity index is 1.53.